The minimum atomic E-state index is -0.413. The van der Waals surface area contributed by atoms with Crippen molar-refractivity contribution in [1.29, 1.82) is 0 Å². The Balaban J connectivity index is 2.95. The van der Waals surface area contributed by atoms with Crippen molar-refractivity contribution in [1.82, 2.24) is 0 Å². The maximum absolute atomic E-state index is 11.5. The quantitative estimate of drug-likeness (QED) is 0.431. The maximum Gasteiger partial charge on any atom is 0.337 e. The zero-order chi connectivity index (χ0) is 11.4. The van der Waals surface area contributed by atoms with E-state index in [1.807, 2.05) is 0 Å². The van der Waals surface area contributed by atoms with Crippen LogP contribution in [-0.2, 0) is 4.74 Å². The van der Waals surface area contributed by atoms with Gasteiger partial charge in [-0.15, -0.1) is 0 Å². The Kier molecular flexibility index (Phi) is 3.39. The summed E-state index contributed by atoms with van der Waals surface area (Å²) in [6.45, 7) is 5.21. The molecule has 0 atom stereocenters. The highest BCUT2D eigenvalue weighted by atomic mass is 16.5. The Morgan fingerprint density at radius 1 is 1.13 bits per heavy atom. The van der Waals surface area contributed by atoms with Gasteiger partial charge in [0, 0.05) is 5.56 Å². The molecule has 0 N–H and O–H groups in total. The van der Waals surface area contributed by atoms with E-state index in [9.17, 15) is 9.59 Å². The Morgan fingerprint density at radius 3 is 2.00 bits per heavy atom. The molecule has 0 aliphatic carbocycles. The molecule has 0 bridgehead atoms. The number of hydrogen-bond acceptors (Lipinski definition) is 3. The van der Waals surface area contributed by atoms with Crippen molar-refractivity contribution in [3.63, 3.8) is 0 Å². The summed E-state index contributed by atoms with van der Waals surface area (Å²) in [5.74, 6) is -0.532. The zero-order valence-corrected chi connectivity index (χ0v) is 8.74. The third-order valence-electron chi connectivity index (χ3n) is 1.96. The smallest absolute Gasteiger partial charge is 0.337 e. The molecule has 0 amide bonds. The highest BCUT2D eigenvalue weighted by molar-refractivity contribution is 6.08. The van der Waals surface area contributed by atoms with Gasteiger partial charge in [0.05, 0.1) is 12.7 Å². The zero-order valence-electron chi connectivity index (χ0n) is 8.74. The van der Waals surface area contributed by atoms with Gasteiger partial charge in [0.1, 0.15) is 0 Å². The van der Waals surface area contributed by atoms with Crippen LogP contribution in [0.5, 0.6) is 0 Å². The van der Waals surface area contributed by atoms with Crippen LogP contribution in [0.25, 0.3) is 0 Å². The van der Waals surface area contributed by atoms with Crippen molar-refractivity contribution in [3.05, 3.63) is 47.5 Å². The Hall–Kier alpha value is -1.90. The van der Waals surface area contributed by atoms with E-state index >= 15 is 0 Å². The first kappa shape index (κ1) is 11.2. The Bertz CT molecular complexity index is 401. The molecule has 0 saturated carbocycles. The van der Waals surface area contributed by atoms with E-state index in [1.165, 1.54) is 7.11 Å². The summed E-state index contributed by atoms with van der Waals surface area (Å²) in [6.07, 6.45) is 0. The molecule has 0 aromatic heterocycles. The van der Waals surface area contributed by atoms with Gasteiger partial charge >= 0.3 is 5.97 Å². The molecule has 3 nitrogen and oxygen atoms in total. The summed E-state index contributed by atoms with van der Waals surface area (Å²) in [6, 6.07) is 6.29. The fourth-order valence-corrected chi connectivity index (χ4v) is 1.12. The minimum Gasteiger partial charge on any atom is -0.465 e. The average Bonchev–Trinajstić information content (AvgIpc) is 2.27. The second-order valence-corrected chi connectivity index (χ2v) is 3.18. The second kappa shape index (κ2) is 4.55. The fourth-order valence-electron chi connectivity index (χ4n) is 1.12. The molecule has 0 unspecified atom stereocenters. The van der Waals surface area contributed by atoms with Crippen LogP contribution in [0, 0.1) is 0 Å². The summed E-state index contributed by atoms with van der Waals surface area (Å²) in [5.41, 5.74) is 1.42. The fraction of sp³-hybridized carbons (Fsp3) is 0.167. The monoisotopic (exact) mass is 204 g/mol. The van der Waals surface area contributed by atoms with Crippen LogP contribution in [-0.4, -0.2) is 18.9 Å². The number of methoxy groups -OCH3 is 1. The van der Waals surface area contributed by atoms with Crippen LogP contribution < -0.4 is 0 Å². The van der Waals surface area contributed by atoms with Crippen molar-refractivity contribution < 1.29 is 14.3 Å². The van der Waals surface area contributed by atoms with Crippen LogP contribution in [0.2, 0.25) is 0 Å². The SMILES string of the molecule is C=C(C)C(=O)c1ccc(C(=O)OC)cc1. The van der Waals surface area contributed by atoms with Crippen LogP contribution in [0.4, 0.5) is 0 Å². The van der Waals surface area contributed by atoms with Crippen LogP contribution in [0.3, 0.4) is 0 Å². The normalized spacial score (nSPS) is 9.47. The highest BCUT2D eigenvalue weighted by Crippen LogP contribution is 2.09. The molecule has 3 heteroatoms. The number of ketones is 1. The van der Waals surface area contributed by atoms with Crippen molar-refractivity contribution in [3.8, 4) is 0 Å². The molecule has 1 rings (SSSR count). The van der Waals surface area contributed by atoms with Gasteiger partial charge in [-0.05, 0) is 24.6 Å². The lowest BCUT2D eigenvalue weighted by atomic mass is 10.0. The lowest BCUT2D eigenvalue weighted by Crippen LogP contribution is -2.03. The summed E-state index contributed by atoms with van der Waals surface area (Å²) in [7, 11) is 1.31. The third-order valence-corrected chi connectivity index (χ3v) is 1.96. The van der Waals surface area contributed by atoms with Crippen molar-refractivity contribution in [2.75, 3.05) is 7.11 Å². The number of ether oxygens (including phenoxy) is 1. The van der Waals surface area contributed by atoms with Gasteiger partial charge in [0.25, 0.3) is 0 Å². The highest BCUT2D eigenvalue weighted by Gasteiger charge is 2.08. The lowest BCUT2D eigenvalue weighted by Gasteiger charge is -2.01. The number of Topliss-reactive ketones (excluding diaryl/α,β-unsaturated/α-hetero) is 1. The van der Waals surface area contributed by atoms with Crippen molar-refractivity contribution >= 4 is 11.8 Å². The molecule has 15 heavy (non-hydrogen) atoms. The number of benzene rings is 1. The van der Waals surface area contributed by atoms with E-state index in [0.717, 1.165) is 0 Å². The molecule has 0 heterocycles. The predicted octanol–water partition coefficient (Wildman–Crippen LogP) is 2.23. The number of allylic oxidation sites excluding steroid dienone is 1. The van der Waals surface area contributed by atoms with Crippen molar-refractivity contribution in [2.24, 2.45) is 0 Å². The molecule has 0 saturated heterocycles. The van der Waals surface area contributed by atoms with Gasteiger partial charge in [-0.1, -0.05) is 18.7 Å². The molecule has 0 fully saturated rings. The number of hydrogen-bond donors (Lipinski definition) is 0. The topological polar surface area (TPSA) is 43.4 Å². The van der Waals surface area contributed by atoms with E-state index in [-0.39, 0.29) is 5.78 Å². The summed E-state index contributed by atoms with van der Waals surface area (Å²) < 4.78 is 4.54. The molecular weight excluding hydrogens is 192 g/mol. The molecule has 78 valence electrons. The van der Waals surface area contributed by atoms with Crippen molar-refractivity contribution in [2.45, 2.75) is 6.92 Å². The van der Waals surface area contributed by atoms with Crippen LogP contribution >= 0.6 is 0 Å². The number of esters is 1. The number of rotatable bonds is 3. The van der Waals surface area contributed by atoms with Crippen LogP contribution in [0.1, 0.15) is 27.6 Å². The van der Waals surface area contributed by atoms with E-state index in [1.54, 1.807) is 31.2 Å². The Labute approximate surface area is 88.4 Å². The average molecular weight is 204 g/mol. The first-order chi connectivity index (χ1) is 7.06. The summed E-state index contributed by atoms with van der Waals surface area (Å²) >= 11 is 0. The van der Waals surface area contributed by atoms with E-state index in [2.05, 4.69) is 11.3 Å². The molecule has 0 aliphatic heterocycles. The summed E-state index contributed by atoms with van der Waals surface area (Å²) in [4.78, 5) is 22.6. The van der Waals surface area contributed by atoms with Gasteiger partial charge in [-0.25, -0.2) is 4.79 Å². The number of carbonyl (C=O) groups excluding carboxylic acids is 2. The number of carbonyl (C=O) groups is 2. The molecule has 0 radical (unpaired) electrons. The van der Waals surface area contributed by atoms with Gasteiger partial charge in [-0.2, -0.15) is 0 Å². The molecule has 0 spiro atoms. The minimum absolute atomic E-state index is 0.119. The molecular formula is C12H12O3. The van der Waals surface area contributed by atoms with E-state index in [4.69, 9.17) is 0 Å². The van der Waals surface area contributed by atoms with Gasteiger partial charge < -0.3 is 4.74 Å². The molecule has 1 aromatic carbocycles. The first-order valence-electron chi connectivity index (χ1n) is 4.45. The predicted molar refractivity (Wildman–Crippen MR) is 56.9 cm³/mol. The van der Waals surface area contributed by atoms with Gasteiger partial charge in [0.15, 0.2) is 5.78 Å². The Morgan fingerprint density at radius 2 is 1.60 bits per heavy atom. The molecule has 1 aromatic rings. The maximum atomic E-state index is 11.5. The molecule has 0 aliphatic rings. The lowest BCUT2D eigenvalue weighted by molar-refractivity contribution is 0.0600. The van der Waals surface area contributed by atoms with E-state index in [0.29, 0.717) is 16.7 Å². The van der Waals surface area contributed by atoms with E-state index < -0.39 is 5.97 Å². The first-order valence-corrected chi connectivity index (χ1v) is 4.45. The standard InChI is InChI=1S/C12H12O3/c1-8(2)11(13)9-4-6-10(7-5-9)12(14)15-3/h4-7H,1H2,2-3H3. The largest absolute Gasteiger partial charge is 0.465 e. The van der Waals surface area contributed by atoms with Gasteiger partial charge in [-0.3, -0.25) is 4.79 Å². The third kappa shape index (κ3) is 2.53. The summed E-state index contributed by atoms with van der Waals surface area (Å²) in [5, 5.41) is 0. The van der Waals surface area contributed by atoms with Gasteiger partial charge in [0.2, 0.25) is 0 Å². The second-order valence-electron chi connectivity index (χ2n) is 3.18. The van der Waals surface area contributed by atoms with Crippen LogP contribution in [0.15, 0.2) is 36.4 Å².